The summed E-state index contributed by atoms with van der Waals surface area (Å²) >= 11 is 0. The number of carbonyl (C=O) groups excluding carboxylic acids is 1. The molecule has 3 N–H and O–H groups in total. The van der Waals surface area contributed by atoms with Gasteiger partial charge >= 0.3 is 0 Å². The average Bonchev–Trinajstić information content (AvgIpc) is 2.69. The zero-order valence-electron chi connectivity index (χ0n) is 18.6. The van der Waals surface area contributed by atoms with Gasteiger partial charge in [0.1, 0.15) is 11.4 Å². The van der Waals surface area contributed by atoms with Gasteiger partial charge in [0, 0.05) is 37.2 Å². The topological polar surface area (TPSA) is 74.8 Å². The van der Waals surface area contributed by atoms with Crippen LogP contribution in [0.1, 0.15) is 56.7 Å². The first-order valence-corrected chi connectivity index (χ1v) is 11.1. The number of nitrogens with zero attached hydrogens (tertiary/aromatic N) is 1. The first-order chi connectivity index (χ1) is 14.9. The Morgan fingerprint density at radius 1 is 1.16 bits per heavy atom. The summed E-state index contributed by atoms with van der Waals surface area (Å²) in [5, 5.41) is 10.0. The quantitative estimate of drug-likeness (QED) is 0.495. The van der Waals surface area contributed by atoms with Crippen molar-refractivity contribution in [2.24, 2.45) is 10.9 Å². The number of amides is 1. The van der Waals surface area contributed by atoms with Crippen LogP contribution in [0.2, 0.25) is 0 Å². The summed E-state index contributed by atoms with van der Waals surface area (Å²) in [6.45, 7) is 4.83. The van der Waals surface area contributed by atoms with Crippen LogP contribution < -0.4 is 20.7 Å². The molecular formula is C25H32N4O2. The van der Waals surface area contributed by atoms with Gasteiger partial charge in [-0.15, -0.1) is 0 Å². The Morgan fingerprint density at radius 3 is 2.71 bits per heavy atom. The summed E-state index contributed by atoms with van der Waals surface area (Å²) in [5.41, 5.74) is 2.82. The van der Waals surface area contributed by atoms with Crippen molar-refractivity contribution in [3.05, 3.63) is 59.7 Å². The Labute approximate surface area is 184 Å². The molecule has 1 heterocycles. The second kappa shape index (κ2) is 9.00. The average molecular weight is 421 g/mol. The lowest BCUT2D eigenvalue weighted by molar-refractivity contribution is -0.122. The number of nitrogens with one attached hydrogen (secondary N) is 3. The Bertz CT molecular complexity index is 965. The highest BCUT2D eigenvalue weighted by molar-refractivity contribution is 5.93. The predicted molar refractivity (Wildman–Crippen MR) is 124 cm³/mol. The Morgan fingerprint density at radius 2 is 1.97 bits per heavy atom. The fraction of sp³-hybridized carbons (Fsp3) is 0.440. The number of anilines is 1. The molecule has 1 unspecified atom stereocenters. The summed E-state index contributed by atoms with van der Waals surface area (Å²) < 4.78 is 6.13. The molecule has 0 spiro atoms. The van der Waals surface area contributed by atoms with Gasteiger partial charge in [0.15, 0.2) is 5.96 Å². The summed E-state index contributed by atoms with van der Waals surface area (Å²) in [5.74, 6) is 1.97. The van der Waals surface area contributed by atoms with E-state index >= 15 is 0 Å². The molecule has 0 radical (unpaired) electrons. The van der Waals surface area contributed by atoms with Gasteiger partial charge in [-0.25, -0.2) is 0 Å². The third-order valence-corrected chi connectivity index (χ3v) is 6.04. The SMILES string of the molecule is CN=C(NCc1cccc(NC(=O)C2CCC2)c1)NC1CC(C)(C)Oc2ccccc21. The van der Waals surface area contributed by atoms with Crippen LogP contribution in [0.5, 0.6) is 5.75 Å². The molecule has 2 aliphatic rings. The van der Waals surface area contributed by atoms with Gasteiger partial charge in [0.2, 0.25) is 5.91 Å². The maximum atomic E-state index is 12.2. The number of rotatable bonds is 5. The van der Waals surface area contributed by atoms with Crippen molar-refractivity contribution in [1.29, 1.82) is 0 Å². The molecule has 1 aliphatic heterocycles. The number of fused-ring (bicyclic) bond motifs is 1. The molecule has 6 heteroatoms. The molecule has 0 saturated heterocycles. The molecule has 31 heavy (non-hydrogen) atoms. The minimum absolute atomic E-state index is 0.110. The van der Waals surface area contributed by atoms with Crippen LogP contribution in [-0.4, -0.2) is 24.5 Å². The Hall–Kier alpha value is -3.02. The van der Waals surface area contributed by atoms with Crippen molar-refractivity contribution < 1.29 is 9.53 Å². The molecule has 0 aromatic heterocycles. The van der Waals surface area contributed by atoms with Crippen molar-refractivity contribution in [3.8, 4) is 5.75 Å². The molecule has 2 aromatic rings. The van der Waals surface area contributed by atoms with Gasteiger partial charge < -0.3 is 20.7 Å². The fourth-order valence-electron chi connectivity index (χ4n) is 4.15. The van der Waals surface area contributed by atoms with Crippen LogP contribution in [0.4, 0.5) is 5.69 Å². The second-order valence-electron chi connectivity index (χ2n) is 9.04. The maximum Gasteiger partial charge on any atom is 0.227 e. The van der Waals surface area contributed by atoms with E-state index in [9.17, 15) is 4.79 Å². The molecule has 6 nitrogen and oxygen atoms in total. The van der Waals surface area contributed by atoms with E-state index in [1.165, 1.54) is 0 Å². The van der Waals surface area contributed by atoms with Gasteiger partial charge in [-0.2, -0.15) is 0 Å². The second-order valence-corrected chi connectivity index (χ2v) is 9.04. The number of guanidine groups is 1. The lowest BCUT2D eigenvalue weighted by Crippen LogP contribution is -2.45. The zero-order valence-corrected chi connectivity index (χ0v) is 18.6. The van der Waals surface area contributed by atoms with E-state index < -0.39 is 0 Å². The van der Waals surface area contributed by atoms with Crippen LogP contribution in [-0.2, 0) is 11.3 Å². The Balaban J connectivity index is 1.38. The van der Waals surface area contributed by atoms with Crippen LogP contribution in [0.3, 0.4) is 0 Å². The van der Waals surface area contributed by atoms with Gasteiger partial charge in [-0.05, 0) is 50.5 Å². The van der Waals surface area contributed by atoms with E-state index in [4.69, 9.17) is 4.74 Å². The maximum absolute atomic E-state index is 12.2. The highest BCUT2D eigenvalue weighted by atomic mass is 16.5. The third kappa shape index (κ3) is 5.19. The van der Waals surface area contributed by atoms with Crippen molar-refractivity contribution in [1.82, 2.24) is 10.6 Å². The number of hydrogen-bond donors (Lipinski definition) is 3. The third-order valence-electron chi connectivity index (χ3n) is 6.04. The number of carbonyl (C=O) groups is 1. The first-order valence-electron chi connectivity index (χ1n) is 11.1. The molecule has 1 fully saturated rings. The fourth-order valence-corrected chi connectivity index (χ4v) is 4.15. The highest BCUT2D eigenvalue weighted by Gasteiger charge is 2.34. The lowest BCUT2D eigenvalue weighted by Gasteiger charge is -2.38. The monoisotopic (exact) mass is 420 g/mol. The summed E-state index contributed by atoms with van der Waals surface area (Å²) in [7, 11) is 1.78. The molecule has 2 aromatic carbocycles. The van der Waals surface area contributed by atoms with Crippen molar-refractivity contribution in [3.63, 3.8) is 0 Å². The van der Waals surface area contributed by atoms with Gasteiger partial charge in [0.05, 0.1) is 6.04 Å². The van der Waals surface area contributed by atoms with E-state index in [1.54, 1.807) is 7.05 Å². The molecule has 1 amide bonds. The Kier molecular flexibility index (Phi) is 6.16. The highest BCUT2D eigenvalue weighted by Crippen LogP contribution is 2.39. The van der Waals surface area contributed by atoms with Crippen molar-refractivity contribution >= 4 is 17.6 Å². The van der Waals surface area contributed by atoms with Crippen molar-refractivity contribution in [2.45, 2.75) is 57.7 Å². The first kappa shape index (κ1) is 21.2. The van der Waals surface area contributed by atoms with E-state index in [-0.39, 0.29) is 23.5 Å². The molecule has 1 saturated carbocycles. The van der Waals surface area contributed by atoms with E-state index in [0.717, 1.165) is 54.2 Å². The number of benzene rings is 2. The molecular weight excluding hydrogens is 388 g/mol. The predicted octanol–water partition coefficient (Wildman–Crippen LogP) is 4.39. The van der Waals surface area contributed by atoms with Crippen LogP contribution in [0.15, 0.2) is 53.5 Å². The molecule has 164 valence electrons. The minimum atomic E-state index is -0.252. The van der Waals surface area contributed by atoms with Crippen LogP contribution >= 0.6 is 0 Å². The number of hydrogen-bond acceptors (Lipinski definition) is 3. The number of ether oxygens (including phenoxy) is 1. The zero-order chi connectivity index (χ0) is 21.8. The molecule has 4 rings (SSSR count). The van der Waals surface area contributed by atoms with Crippen molar-refractivity contribution in [2.75, 3.05) is 12.4 Å². The normalized spacial score (nSPS) is 20.1. The molecule has 1 aliphatic carbocycles. The van der Waals surface area contributed by atoms with E-state index in [1.807, 2.05) is 42.5 Å². The van der Waals surface area contributed by atoms with Gasteiger partial charge in [-0.3, -0.25) is 9.79 Å². The van der Waals surface area contributed by atoms with Gasteiger partial charge in [0.25, 0.3) is 0 Å². The largest absolute Gasteiger partial charge is 0.487 e. The minimum Gasteiger partial charge on any atom is -0.487 e. The number of para-hydroxylation sites is 1. The van der Waals surface area contributed by atoms with E-state index in [0.29, 0.717) is 6.54 Å². The standard InChI is InChI=1S/C25H32N4O2/c1-25(2)15-21(20-12-4-5-13-22(20)31-25)29-24(26-3)27-16-17-8-6-11-19(14-17)28-23(30)18-9-7-10-18/h4-6,8,11-14,18,21H,7,9-10,15-16H2,1-3H3,(H,28,30)(H2,26,27,29). The smallest absolute Gasteiger partial charge is 0.227 e. The molecule has 1 atom stereocenters. The lowest BCUT2D eigenvalue weighted by atomic mass is 9.85. The summed E-state index contributed by atoms with van der Waals surface area (Å²) in [4.78, 5) is 16.6. The number of aliphatic imine (C=N–C) groups is 1. The van der Waals surface area contributed by atoms with E-state index in [2.05, 4.69) is 40.9 Å². The summed E-state index contributed by atoms with van der Waals surface area (Å²) in [6, 6.07) is 16.2. The summed E-state index contributed by atoms with van der Waals surface area (Å²) in [6.07, 6.45) is 4.00. The van der Waals surface area contributed by atoms with Crippen LogP contribution in [0.25, 0.3) is 0 Å². The van der Waals surface area contributed by atoms with Gasteiger partial charge in [-0.1, -0.05) is 36.8 Å². The molecule has 0 bridgehead atoms. The van der Waals surface area contributed by atoms with Crippen LogP contribution in [0, 0.1) is 5.92 Å².